The predicted molar refractivity (Wildman–Crippen MR) is 94.9 cm³/mol. The number of nitrogens with zero attached hydrogens (tertiary/aromatic N) is 4. The summed E-state index contributed by atoms with van der Waals surface area (Å²) < 4.78 is 31.7. The first-order chi connectivity index (χ1) is 12.7. The second-order valence-corrected chi connectivity index (χ2v) is 8.27. The quantitative estimate of drug-likeness (QED) is 0.700. The van der Waals surface area contributed by atoms with E-state index in [4.69, 9.17) is 9.84 Å². The zero-order valence-corrected chi connectivity index (χ0v) is 15.5. The van der Waals surface area contributed by atoms with Crippen LogP contribution in [-0.2, 0) is 19.6 Å². The maximum atomic E-state index is 12.7. The third-order valence-electron chi connectivity index (χ3n) is 4.20. The van der Waals surface area contributed by atoms with Gasteiger partial charge in [0.15, 0.2) is 0 Å². The fourth-order valence-corrected chi connectivity index (χ4v) is 3.69. The number of pyridine rings is 1. The van der Waals surface area contributed by atoms with Crippen LogP contribution in [0.1, 0.15) is 10.5 Å². The minimum Gasteiger partial charge on any atom is -0.480 e. The van der Waals surface area contributed by atoms with Crippen molar-refractivity contribution in [3.63, 3.8) is 0 Å². The number of hydrogen-bond acceptors (Lipinski definition) is 6. The SMILES string of the molecule is CS(=O)(=O)N(CC(=O)O)CC1CN(C(=O)c2cn3ccccc3n2)CCO1. The average molecular weight is 396 g/mol. The molecule has 1 aliphatic heterocycles. The molecule has 0 spiro atoms. The van der Waals surface area contributed by atoms with E-state index in [0.29, 0.717) is 12.2 Å². The number of carbonyl (C=O) groups is 2. The van der Waals surface area contributed by atoms with Crippen molar-refractivity contribution in [1.29, 1.82) is 0 Å². The largest absolute Gasteiger partial charge is 0.480 e. The van der Waals surface area contributed by atoms with Crippen LogP contribution in [0.5, 0.6) is 0 Å². The summed E-state index contributed by atoms with van der Waals surface area (Å²) in [7, 11) is -3.71. The zero-order chi connectivity index (χ0) is 19.6. The number of sulfonamides is 1. The molecule has 1 saturated heterocycles. The van der Waals surface area contributed by atoms with Crippen LogP contribution in [0.15, 0.2) is 30.6 Å². The summed E-state index contributed by atoms with van der Waals surface area (Å²) in [6, 6.07) is 5.44. The van der Waals surface area contributed by atoms with Gasteiger partial charge < -0.3 is 19.1 Å². The standard InChI is InChI=1S/C16H20N4O6S/c1-27(24,25)20(11-15(21)22)9-12-8-19(6-7-26-12)16(23)13-10-18-5-3-2-4-14(18)17-13/h2-5,10,12H,6-9,11H2,1H3,(H,21,22). The summed E-state index contributed by atoms with van der Waals surface area (Å²) in [4.78, 5) is 29.5. The van der Waals surface area contributed by atoms with Crippen molar-refractivity contribution >= 4 is 27.5 Å². The fraction of sp³-hybridized carbons (Fsp3) is 0.438. The van der Waals surface area contributed by atoms with E-state index in [0.717, 1.165) is 10.6 Å². The summed E-state index contributed by atoms with van der Waals surface area (Å²) in [5.41, 5.74) is 0.933. The predicted octanol–water partition coefficient (Wildman–Crippen LogP) is -0.478. The Balaban J connectivity index is 1.71. The highest BCUT2D eigenvalue weighted by Crippen LogP contribution is 2.13. The first-order valence-electron chi connectivity index (χ1n) is 8.25. The highest BCUT2D eigenvalue weighted by molar-refractivity contribution is 7.88. The van der Waals surface area contributed by atoms with Gasteiger partial charge in [-0.2, -0.15) is 4.31 Å². The average Bonchev–Trinajstić information content (AvgIpc) is 3.04. The molecule has 10 nitrogen and oxygen atoms in total. The van der Waals surface area contributed by atoms with Crippen LogP contribution < -0.4 is 0 Å². The van der Waals surface area contributed by atoms with E-state index in [1.807, 2.05) is 12.1 Å². The van der Waals surface area contributed by atoms with Gasteiger partial charge in [0, 0.05) is 32.0 Å². The Morgan fingerprint density at radius 3 is 2.85 bits per heavy atom. The van der Waals surface area contributed by atoms with Gasteiger partial charge in [-0.15, -0.1) is 0 Å². The Morgan fingerprint density at radius 1 is 1.41 bits per heavy atom. The van der Waals surface area contributed by atoms with Crippen molar-refractivity contribution in [3.8, 4) is 0 Å². The normalized spacial score (nSPS) is 18.1. The third-order valence-corrected chi connectivity index (χ3v) is 5.41. The lowest BCUT2D eigenvalue weighted by molar-refractivity contribution is -0.137. The number of rotatable bonds is 6. The van der Waals surface area contributed by atoms with Gasteiger partial charge in [0.05, 0.1) is 19.0 Å². The zero-order valence-electron chi connectivity index (χ0n) is 14.7. The number of imidazole rings is 1. The second-order valence-electron chi connectivity index (χ2n) is 6.29. The van der Waals surface area contributed by atoms with Crippen molar-refractivity contribution < 1.29 is 27.9 Å². The van der Waals surface area contributed by atoms with Gasteiger partial charge in [-0.05, 0) is 12.1 Å². The van der Waals surface area contributed by atoms with Gasteiger partial charge in [-0.25, -0.2) is 13.4 Å². The van der Waals surface area contributed by atoms with Gasteiger partial charge in [-0.1, -0.05) is 6.07 Å². The first-order valence-corrected chi connectivity index (χ1v) is 10.1. The lowest BCUT2D eigenvalue weighted by atomic mass is 10.2. The molecule has 0 saturated carbocycles. The summed E-state index contributed by atoms with van der Waals surface area (Å²) in [5.74, 6) is -1.54. The molecule has 11 heteroatoms. The van der Waals surface area contributed by atoms with Gasteiger partial charge in [0.2, 0.25) is 10.0 Å². The molecule has 1 amide bonds. The first kappa shape index (κ1) is 19.3. The number of carboxylic acids is 1. The number of ether oxygens (including phenoxy) is 1. The minimum atomic E-state index is -3.71. The number of amides is 1. The number of fused-ring (bicyclic) bond motifs is 1. The molecule has 1 aliphatic rings. The molecule has 3 heterocycles. The molecular formula is C16H20N4O6S. The van der Waals surface area contributed by atoms with E-state index in [9.17, 15) is 18.0 Å². The maximum Gasteiger partial charge on any atom is 0.318 e. The highest BCUT2D eigenvalue weighted by Gasteiger charge is 2.30. The summed E-state index contributed by atoms with van der Waals surface area (Å²) in [6.07, 6.45) is 3.75. The second kappa shape index (κ2) is 7.62. The summed E-state index contributed by atoms with van der Waals surface area (Å²) >= 11 is 0. The minimum absolute atomic E-state index is 0.139. The Labute approximate surface area is 156 Å². The lowest BCUT2D eigenvalue weighted by Gasteiger charge is -2.34. The van der Waals surface area contributed by atoms with E-state index >= 15 is 0 Å². The van der Waals surface area contributed by atoms with Crippen molar-refractivity contribution in [2.75, 3.05) is 39.0 Å². The number of hydrogen-bond donors (Lipinski definition) is 1. The molecule has 146 valence electrons. The summed E-state index contributed by atoms with van der Waals surface area (Å²) in [5, 5.41) is 8.91. The van der Waals surface area contributed by atoms with Gasteiger partial charge in [-0.3, -0.25) is 9.59 Å². The number of carbonyl (C=O) groups excluding carboxylic acids is 1. The lowest BCUT2D eigenvalue weighted by Crippen LogP contribution is -2.51. The Morgan fingerprint density at radius 2 is 2.19 bits per heavy atom. The molecule has 2 aromatic rings. The van der Waals surface area contributed by atoms with Crippen molar-refractivity contribution in [2.24, 2.45) is 0 Å². The number of aromatic nitrogens is 2. The maximum absolute atomic E-state index is 12.7. The monoisotopic (exact) mass is 396 g/mol. The fourth-order valence-electron chi connectivity index (χ4n) is 2.91. The molecule has 0 aliphatic carbocycles. The molecule has 1 atom stereocenters. The topological polar surface area (TPSA) is 122 Å². The highest BCUT2D eigenvalue weighted by atomic mass is 32.2. The van der Waals surface area contributed by atoms with Crippen molar-refractivity contribution in [1.82, 2.24) is 18.6 Å². The Hall–Kier alpha value is -2.50. The van der Waals surface area contributed by atoms with Crippen molar-refractivity contribution in [2.45, 2.75) is 6.10 Å². The Bertz CT molecular complexity index is 924. The smallest absolute Gasteiger partial charge is 0.318 e. The summed E-state index contributed by atoms with van der Waals surface area (Å²) in [6.45, 7) is -0.0625. The number of carboxylic acid groups (broad SMARTS) is 1. The van der Waals surface area contributed by atoms with Crippen LogP contribution in [-0.4, -0.2) is 89.1 Å². The molecule has 2 aromatic heterocycles. The number of aliphatic carboxylic acids is 1. The molecule has 1 N–H and O–H groups in total. The van der Waals surface area contributed by atoms with E-state index < -0.39 is 28.6 Å². The number of morpholine rings is 1. The molecule has 1 unspecified atom stereocenters. The van der Waals surface area contributed by atoms with Crippen molar-refractivity contribution in [3.05, 3.63) is 36.3 Å². The molecule has 27 heavy (non-hydrogen) atoms. The van der Waals surface area contributed by atoms with Crippen LogP contribution in [0.4, 0.5) is 0 Å². The molecular weight excluding hydrogens is 376 g/mol. The van der Waals surface area contributed by atoms with Crippen LogP contribution in [0.3, 0.4) is 0 Å². The van der Waals surface area contributed by atoms with Crippen LogP contribution in [0, 0.1) is 0 Å². The van der Waals surface area contributed by atoms with Gasteiger partial charge in [0.1, 0.15) is 17.9 Å². The Kier molecular flexibility index (Phi) is 5.44. The molecule has 3 rings (SSSR count). The van der Waals surface area contributed by atoms with E-state index in [2.05, 4.69) is 4.98 Å². The van der Waals surface area contributed by atoms with Gasteiger partial charge in [0.25, 0.3) is 5.91 Å². The van der Waals surface area contributed by atoms with Crippen LogP contribution in [0.25, 0.3) is 5.65 Å². The molecule has 0 bridgehead atoms. The van der Waals surface area contributed by atoms with E-state index in [1.165, 1.54) is 4.90 Å². The van der Waals surface area contributed by atoms with E-state index in [1.54, 1.807) is 22.9 Å². The third kappa shape index (κ3) is 4.62. The van der Waals surface area contributed by atoms with Gasteiger partial charge >= 0.3 is 5.97 Å². The van der Waals surface area contributed by atoms with E-state index in [-0.39, 0.29) is 31.3 Å². The molecule has 1 fully saturated rings. The molecule has 0 aromatic carbocycles. The van der Waals surface area contributed by atoms with Crippen LogP contribution in [0.2, 0.25) is 0 Å². The van der Waals surface area contributed by atoms with Crippen LogP contribution >= 0.6 is 0 Å². The molecule has 0 radical (unpaired) electrons.